The van der Waals surface area contributed by atoms with Gasteiger partial charge >= 0.3 is 0 Å². The van der Waals surface area contributed by atoms with E-state index in [0.29, 0.717) is 33.6 Å². The van der Waals surface area contributed by atoms with Crippen molar-refractivity contribution in [3.8, 4) is 34.5 Å². The Kier molecular flexibility index (Phi) is 4.59. The second-order valence-electron chi connectivity index (χ2n) is 9.04. The lowest BCUT2D eigenvalue weighted by atomic mass is 9.80. The van der Waals surface area contributed by atoms with E-state index in [1.165, 1.54) is 30.3 Å². The molecule has 0 fully saturated rings. The summed E-state index contributed by atoms with van der Waals surface area (Å²) in [5.74, 6) is -1.15. The molecule has 6 rings (SSSR count). The van der Waals surface area contributed by atoms with Crippen molar-refractivity contribution in [3.63, 3.8) is 0 Å². The molecule has 176 valence electrons. The number of hydrogen-bond acceptors (Lipinski definition) is 7. The predicted octanol–water partition coefficient (Wildman–Crippen LogP) is 4.66. The molecule has 0 radical (unpaired) electrons. The Bertz CT molecular complexity index is 1440. The highest BCUT2D eigenvalue weighted by Crippen LogP contribution is 2.60. The Morgan fingerprint density at radius 1 is 0.543 bits per heavy atom. The number of hydrogen-bond donors (Lipinski definition) is 6. The minimum absolute atomic E-state index is 0.0622. The standard InChI is InChI=1S/C28H22O7/c29-15-5-1-13(2-6-15)23-24-19(9-17(31)11-21(24)33)26-25-20(27(23)34)10-18(32)12-22(25)35-28(26)14-3-7-16(30)8-4-14/h1-12,23,26-34H/t23-,26-,27-,28+/m0/s1. The lowest BCUT2D eigenvalue weighted by Crippen LogP contribution is -2.15. The van der Waals surface area contributed by atoms with Crippen molar-refractivity contribution >= 4 is 0 Å². The van der Waals surface area contributed by atoms with Crippen LogP contribution in [0.1, 0.15) is 57.4 Å². The lowest BCUT2D eigenvalue weighted by molar-refractivity contribution is 0.157. The van der Waals surface area contributed by atoms with Crippen LogP contribution in [0.15, 0.2) is 72.8 Å². The van der Waals surface area contributed by atoms with Crippen molar-refractivity contribution in [2.24, 2.45) is 0 Å². The summed E-state index contributed by atoms with van der Waals surface area (Å²) in [5.41, 5.74) is 3.46. The van der Waals surface area contributed by atoms with E-state index >= 15 is 0 Å². The fraction of sp³-hybridized carbons (Fsp3) is 0.143. The summed E-state index contributed by atoms with van der Waals surface area (Å²) in [6.07, 6.45) is -1.79. The van der Waals surface area contributed by atoms with Crippen LogP contribution in [-0.2, 0) is 0 Å². The average molecular weight is 470 g/mol. The number of fused-ring (bicyclic) bond motifs is 2. The first kappa shape index (κ1) is 21.2. The van der Waals surface area contributed by atoms with Crippen molar-refractivity contribution in [1.82, 2.24) is 0 Å². The van der Waals surface area contributed by atoms with Crippen molar-refractivity contribution < 1.29 is 35.4 Å². The molecular formula is C28H22O7. The molecule has 1 heterocycles. The van der Waals surface area contributed by atoms with E-state index in [9.17, 15) is 30.6 Å². The largest absolute Gasteiger partial charge is 0.508 e. The topological polar surface area (TPSA) is 131 Å². The third-order valence-corrected chi connectivity index (χ3v) is 6.96. The fourth-order valence-corrected chi connectivity index (χ4v) is 5.52. The average Bonchev–Trinajstić information content (AvgIpc) is 3.15. The van der Waals surface area contributed by atoms with Crippen LogP contribution in [0, 0.1) is 0 Å². The van der Waals surface area contributed by atoms with Crippen molar-refractivity contribution in [3.05, 3.63) is 106 Å². The third-order valence-electron chi connectivity index (χ3n) is 6.96. The van der Waals surface area contributed by atoms with Gasteiger partial charge in [-0.2, -0.15) is 0 Å². The van der Waals surface area contributed by atoms with Crippen LogP contribution in [0.4, 0.5) is 0 Å². The molecule has 0 amide bonds. The molecule has 4 atom stereocenters. The van der Waals surface area contributed by atoms with Gasteiger partial charge in [0.25, 0.3) is 0 Å². The molecule has 35 heavy (non-hydrogen) atoms. The second-order valence-corrected chi connectivity index (χ2v) is 9.04. The quantitative estimate of drug-likeness (QED) is 0.251. The summed E-state index contributed by atoms with van der Waals surface area (Å²) in [4.78, 5) is 0. The Morgan fingerprint density at radius 2 is 1.11 bits per heavy atom. The van der Waals surface area contributed by atoms with Gasteiger partial charge < -0.3 is 35.4 Å². The molecule has 7 nitrogen and oxygen atoms in total. The predicted molar refractivity (Wildman–Crippen MR) is 126 cm³/mol. The summed E-state index contributed by atoms with van der Waals surface area (Å²) in [6.45, 7) is 0. The third kappa shape index (κ3) is 3.24. The van der Waals surface area contributed by atoms with Crippen LogP contribution in [0.5, 0.6) is 34.5 Å². The van der Waals surface area contributed by atoms with Gasteiger partial charge in [0.15, 0.2) is 0 Å². The number of rotatable bonds is 2. The molecule has 0 spiro atoms. The van der Waals surface area contributed by atoms with Gasteiger partial charge in [0.05, 0.1) is 12.0 Å². The molecular weight excluding hydrogens is 448 g/mol. The van der Waals surface area contributed by atoms with Crippen LogP contribution in [0.2, 0.25) is 0 Å². The van der Waals surface area contributed by atoms with E-state index in [0.717, 1.165) is 5.56 Å². The van der Waals surface area contributed by atoms with Gasteiger partial charge in [-0.25, -0.2) is 0 Å². The molecule has 0 bridgehead atoms. The second kappa shape index (κ2) is 7.58. The molecule has 1 aliphatic carbocycles. The Labute approximate surface area is 200 Å². The Hall–Kier alpha value is -4.36. The van der Waals surface area contributed by atoms with Gasteiger partial charge in [0.2, 0.25) is 0 Å². The van der Waals surface area contributed by atoms with E-state index in [2.05, 4.69) is 0 Å². The summed E-state index contributed by atoms with van der Waals surface area (Å²) in [6, 6.07) is 18.7. The number of aromatic hydroxyl groups is 5. The SMILES string of the molecule is Oc1ccc([C@H]2c3c(O)cc(O)cc3[C@H]3c4c(cc(O)cc4[C@@H]2O)O[C@@H]3c2ccc(O)cc2)cc1. The monoisotopic (exact) mass is 470 g/mol. The van der Waals surface area contributed by atoms with Gasteiger partial charge in [-0.15, -0.1) is 0 Å². The maximum atomic E-state index is 11.7. The normalized spacial score (nSPS) is 22.1. The number of ether oxygens (including phenoxy) is 1. The molecule has 4 aromatic carbocycles. The minimum Gasteiger partial charge on any atom is -0.508 e. The number of phenols is 5. The summed E-state index contributed by atoms with van der Waals surface area (Å²) in [7, 11) is 0. The molecule has 6 N–H and O–H groups in total. The van der Waals surface area contributed by atoms with Crippen LogP contribution in [0.3, 0.4) is 0 Å². The molecule has 0 saturated carbocycles. The van der Waals surface area contributed by atoms with Gasteiger partial charge in [-0.05, 0) is 58.7 Å². The molecule has 0 aromatic heterocycles. The highest BCUT2D eigenvalue weighted by Gasteiger charge is 2.47. The maximum absolute atomic E-state index is 11.7. The van der Waals surface area contributed by atoms with Crippen molar-refractivity contribution in [1.29, 1.82) is 0 Å². The van der Waals surface area contributed by atoms with E-state index in [-0.39, 0.29) is 28.7 Å². The van der Waals surface area contributed by atoms with E-state index in [1.54, 1.807) is 42.5 Å². The van der Waals surface area contributed by atoms with Crippen LogP contribution < -0.4 is 4.74 Å². The zero-order valence-corrected chi connectivity index (χ0v) is 18.3. The number of benzene rings is 4. The first-order chi connectivity index (χ1) is 16.8. The van der Waals surface area contributed by atoms with Crippen molar-refractivity contribution in [2.45, 2.75) is 24.0 Å². The zero-order valence-electron chi connectivity index (χ0n) is 18.3. The first-order valence-electron chi connectivity index (χ1n) is 11.2. The van der Waals surface area contributed by atoms with E-state index in [1.807, 2.05) is 0 Å². The van der Waals surface area contributed by atoms with Gasteiger partial charge in [0.1, 0.15) is 40.6 Å². The number of phenolic OH excluding ortho intramolecular Hbond substituents is 5. The Balaban J connectivity index is 1.67. The number of aliphatic hydroxyl groups excluding tert-OH is 1. The van der Waals surface area contributed by atoms with Gasteiger partial charge in [-0.3, -0.25) is 0 Å². The molecule has 7 heteroatoms. The summed E-state index contributed by atoms with van der Waals surface area (Å²) in [5, 5.41) is 63.3. The van der Waals surface area contributed by atoms with Crippen LogP contribution >= 0.6 is 0 Å². The molecule has 0 unspecified atom stereocenters. The summed E-state index contributed by atoms with van der Waals surface area (Å²) < 4.78 is 6.29. The van der Waals surface area contributed by atoms with E-state index in [4.69, 9.17) is 4.74 Å². The Morgan fingerprint density at radius 3 is 1.77 bits per heavy atom. The van der Waals surface area contributed by atoms with Crippen LogP contribution in [-0.4, -0.2) is 30.6 Å². The van der Waals surface area contributed by atoms with Gasteiger partial charge in [0, 0.05) is 29.2 Å². The number of aliphatic hydroxyl groups is 1. The summed E-state index contributed by atoms with van der Waals surface area (Å²) >= 11 is 0. The molecule has 0 saturated heterocycles. The molecule has 4 aromatic rings. The van der Waals surface area contributed by atoms with Crippen LogP contribution in [0.25, 0.3) is 0 Å². The maximum Gasteiger partial charge on any atom is 0.135 e. The van der Waals surface area contributed by atoms with Gasteiger partial charge in [-0.1, -0.05) is 24.3 Å². The highest BCUT2D eigenvalue weighted by molar-refractivity contribution is 5.65. The molecule has 1 aliphatic heterocycles. The zero-order chi connectivity index (χ0) is 24.4. The molecule has 2 aliphatic rings. The fourth-order valence-electron chi connectivity index (χ4n) is 5.52. The smallest absolute Gasteiger partial charge is 0.135 e. The highest BCUT2D eigenvalue weighted by atomic mass is 16.5. The minimum atomic E-state index is -1.18. The van der Waals surface area contributed by atoms with Crippen molar-refractivity contribution in [2.75, 3.05) is 0 Å². The first-order valence-corrected chi connectivity index (χ1v) is 11.2. The van der Waals surface area contributed by atoms with E-state index < -0.39 is 24.0 Å². The lowest BCUT2D eigenvalue weighted by Gasteiger charge is -2.27.